The maximum absolute atomic E-state index is 14.7. The van der Waals surface area contributed by atoms with Crippen LogP contribution in [0.25, 0.3) is 22.3 Å². The fourth-order valence-corrected chi connectivity index (χ4v) is 3.99. The molecule has 1 atom stereocenters. The van der Waals surface area contributed by atoms with Crippen molar-refractivity contribution in [2.45, 2.75) is 24.1 Å². The standard InChI is InChI=1S/C19H19FN4O3S.C2HF3O2/c1-12(25)9-24-28(26,27)18-5-3-2-4-16(18)13-6-7-15(17(20)8-13)14-10-22-19(21)23-11-14;3-2(4,5)1(6)7/h2-8,10-12,24-25H,9H2,1H3,(H2,21,22,23);(H,6,7)/t12-;/m1./s1. The summed E-state index contributed by atoms with van der Waals surface area (Å²) >= 11 is 0. The van der Waals surface area contributed by atoms with Crippen LogP contribution in [0.15, 0.2) is 59.8 Å². The Morgan fingerprint density at radius 2 is 1.66 bits per heavy atom. The zero-order valence-electron chi connectivity index (χ0n) is 18.0. The normalized spacial score (nSPS) is 12.4. The number of alkyl halides is 3. The lowest BCUT2D eigenvalue weighted by molar-refractivity contribution is -0.192. The van der Waals surface area contributed by atoms with Crippen molar-refractivity contribution in [1.29, 1.82) is 0 Å². The Balaban J connectivity index is 0.000000540. The summed E-state index contributed by atoms with van der Waals surface area (Å²) in [6.07, 6.45) is -3.08. The van der Waals surface area contributed by atoms with E-state index in [1.807, 2.05) is 0 Å². The highest BCUT2D eigenvalue weighted by Crippen LogP contribution is 2.31. The summed E-state index contributed by atoms with van der Waals surface area (Å²) in [5.74, 6) is -3.22. The fourth-order valence-electron chi connectivity index (χ4n) is 2.64. The molecule has 9 nitrogen and oxygen atoms in total. The van der Waals surface area contributed by atoms with Gasteiger partial charge in [0.25, 0.3) is 0 Å². The van der Waals surface area contributed by atoms with Crippen LogP contribution in [0, 0.1) is 5.82 Å². The van der Waals surface area contributed by atoms with Crippen molar-refractivity contribution >= 4 is 21.9 Å². The number of nitrogens with one attached hydrogen (secondary N) is 1. The molecule has 0 aliphatic carbocycles. The first kappa shape index (κ1) is 27.6. The average Bonchev–Trinajstić information content (AvgIpc) is 2.78. The van der Waals surface area contributed by atoms with E-state index in [1.165, 1.54) is 37.5 Å². The molecule has 0 fully saturated rings. The van der Waals surface area contributed by atoms with Gasteiger partial charge in [0.2, 0.25) is 16.0 Å². The highest BCUT2D eigenvalue weighted by Gasteiger charge is 2.38. The van der Waals surface area contributed by atoms with Crippen LogP contribution in [-0.4, -0.2) is 53.4 Å². The van der Waals surface area contributed by atoms with E-state index >= 15 is 0 Å². The van der Waals surface area contributed by atoms with E-state index in [9.17, 15) is 31.1 Å². The second-order valence-corrected chi connectivity index (χ2v) is 8.76. The number of benzene rings is 2. The van der Waals surface area contributed by atoms with Crippen LogP contribution in [0.5, 0.6) is 0 Å². The summed E-state index contributed by atoms with van der Waals surface area (Å²) in [7, 11) is -3.88. The molecule has 0 saturated heterocycles. The maximum Gasteiger partial charge on any atom is 0.490 e. The van der Waals surface area contributed by atoms with Gasteiger partial charge in [0.05, 0.1) is 11.0 Å². The number of nitrogen functional groups attached to an aromatic ring is 1. The molecule has 0 amide bonds. The summed E-state index contributed by atoms with van der Waals surface area (Å²) in [4.78, 5) is 16.6. The van der Waals surface area contributed by atoms with Gasteiger partial charge in [-0.2, -0.15) is 13.2 Å². The Morgan fingerprint density at radius 3 is 2.17 bits per heavy atom. The molecule has 0 aliphatic rings. The second kappa shape index (κ2) is 11.2. The number of hydrogen-bond acceptors (Lipinski definition) is 7. The molecular formula is C21H20F4N4O5S. The molecule has 1 aromatic heterocycles. The van der Waals surface area contributed by atoms with Gasteiger partial charge in [-0.15, -0.1) is 0 Å². The van der Waals surface area contributed by atoms with Gasteiger partial charge in [0.15, 0.2) is 0 Å². The van der Waals surface area contributed by atoms with Crippen molar-refractivity contribution in [2.75, 3.05) is 12.3 Å². The molecule has 14 heteroatoms. The lowest BCUT2D eigenvalue weighted by Gasteiger charge is -2.13. The zero-order chi connectivity index (χ0) is 26.4. The number of rotatable bonds is 6. The number of aromatic nitrogens is 2. The highest BCUT2D eigenvalue weighted by atomic mass is 32.2. The van der Waals surface area contributed by atoms with Crippen LogP contribution in [0.1, 0.15) is 6.92 Å². The number of anilines is 1. The number of sulfonamides is 1. The van der Waals surface area contributed by atoms with Crippen molar-refractivity contribution in [3.05, 3.63) is 60.7 Å². The van der Waals surface area contributed by atoms with Gasteiger partial charge < -0.3 is 15.9 Å². The molecule has 0 spiro atoms. The summed E-state index contributed by atoms with van der Waals surface area (Å²) < 4.78 is 74.0. The number of carbonyl (C=O) groups is 1. The number of aliphatic carboxylic acids is 1. The largest absolute Gasteiger partial charge is 0.490 e. The zero-order valence-corrected chi connectivity index (χ0v) is 18.8. The number of nitrogens with zero attached hydrogens (tertiary/aromatic N) is 2. The lowest BCUT2D eigenvalue weighted by atomic mass is 10.0. The van der Waals surface area contributed by atoms with E-state index in [4.69, 9.17) is 15.6 Å². The van der Waals surface area contributed by atoms with Gasteiger partial charge in [-0.1, -0.05) is 30.3 Å². The smallest absolute Gasteiger partial charge is 0.475 e. The minimum Gasteiger partial charge on any atom is -0.475 e. The highest BCUT2D eigenvalue weighted by molar-refractivity contribution is 7.89. The van der Waals surface area contributed by atoms with E-state index in [1.54, 1.807) is 24.3 Å². The number of carboxylic acid groups (broad SMARTS) is 1. The quantitative estimate of drug-likeness (QED) is 0.365. The molecule has 35 heavy (non-hydrogen) atoms. The van der Waals surface area contributed by atoms with Gasteiger partial charge in [-0.3, -0.25) is 0 Å². The molecule has 3 aromatic rings. The molecule has 0 saturated carbocycles. The Morgan fingerprint density at radius 1 is 1.09 bits per heavy atom. The van der Waals surface area contributed by atoms with Crippen molar-refractivity contribution in [1.82, 2.24) is 14.7 Å². The molecule has 0 radical (unpaired) electrons. The summed E-state index contributed by atoms with van der Waals surface area (Å²) in [5.41, 5.74) is 6.93. The van der Waals surface area contributed by atoms with Crippen molar-refractivity contribution in [3.63, 3.8) is 0 Å². The van der Waals surface area contributed by atoms with E-state index < -0.39 is 34.1 Å². The molecule has 0 unspecified atom stereocenters. The van der Waals surface area contributed by atoms with Crippen LogP contribution in [0.3, 0.4) is 0 Å². The van der Waals surface area contributed by atoms with Crippen LogP contribution in [-0.2, 0) is 14.8 Å². The third-order valence-corrected chi connectivity index (χ3v) is 5.73. The maximum atomic E-state index is 14.7. The number of aliphatic hydroxyl groups is 1. The van der Waals surface area contributed by atoms with Gasteiger partial charge in [-0.25, -0.2) is 32.3 Å². The Kier molecular flexibility index (Phi) is 8.84. The molecule has 0 aliphatic heterocycles. The predicted octanol–water partition coefficient (Wildman–Crippen LogP) is 2.82. The van der Waals surface area contributed by atoms with Crippen LogP contribution >= 0.6 is 0 Å². The monoisotopic (exact) mass is 516 g/mol. The molecule has 3 rings (SSSR count). The van der Waals surface area contributed by atoms with Crippen molar-refractivity contribution < 1.29 is 41.0 Å². The Bertz CT molecular complexity index is 1280. The topological polar surface area (TPSA) is 156 Å². The summed E-state index contributed by atoms with van der Waals surface area (Å²) in [6, 6.07) is 10.7. The number of hydrogen-bond donors (Lipinski definition) is 4. The SMILES string of the molecule is C[C@@H](O)CNS(=O)(=O)c1ccccc1-c1ccc(-c2cnc(N)nc2)c(F)c1.O=C(O)C(F)(F)F. The Hall–Kier alpha value is -3.62. The number of nitrogens with two attached hydrogens (primary N) is 1. The van der Waals surface area contributed by atoms with E-state index in [0.29, 0.717) is 16.7 Å². The van der Waals surface area contributed by atoms with Gasteiger partial charge in [0, 0.05) is 35.6 Å². The van der Waals surface area contributed by atoms with Crippen LogP contribution in [0.2, 0.25) is 0 Å². The van der Waals surface area contributed by atoms with Gasteiger partial charge in [0.1, 0.15) is 5.82 Å². The first-order valence-corrected chi connectivity index (χ1v) is 11.2. The van der Waals surface area contributed by atoms with Gasteiger partial charge >= 0.3 is 12.1 Å². The number of halogens is 4. The number of carboxylic acids is 1. The van der Waals surface area contributed by atoms with Crippen LogP contribution < -0.4 is 10.5 Å². The average molecular weight is 516 g/mol. The first-order valence-electron chi connectivity index (χ1n) is 9.67. The van der Waals surface area contributed by atoms with Crippen molar-refractivity contribution in [2.24, 2.45) is 0 Å². The molecule has 1 heterocycles. The van der Waals surface area contributed by atoms with E-state index in [2.05, 4.69) is 14.7 Å². The third-order valence-electron chi connectivity index (χ3n) is 4.25. The third kappa shape index (κ3) is 7.70. The molecule has 0 bridgehead atoms. The molecular weight excluding hydrogens is 496 g/mol. The minimum absolute atomic E-state index is 0.00128. The molecule has 2 aromatic carbocycles. The summed E-state index contributed by atoms with van der Waals surface area (Å²) in [6.45, 7) is 1.35. The van der Waals surface area contributed by atoms with Gasteiger partial charge in [-0.05, 0) is 24.6 Å². The summed E-state index contributed by atoms with van der Waals surface area (Å²) in [5, 5.41) is 16.5. The van der Waals surface area contributed by atoms with E-state index in [0.717, 1.165) is 0 Å². The minimum atomic E-state index is -5.08. The number of aliphatic hydroxyl groups excluding tert-OH is 1. The van der Waals surface area contributed by atoms with Crippen LogP contribution in [0.4, 0.5) is 23.5 Å². The molecule has 188 valence electrons. The van der Waals surface area contributed by atoms with E-state index in [-0.39, 0.29) is 23.0 Å². The molecule has 5 N–H and O–H groups in total. The Labute approximate surface area is 197 Å². The first-order chi connectivity index (χ1) is 16.2. The lowest BCUT2D eigenvalue weighted by Crippen LogP contribution is -2.31. The fraction of sp³-hybridized carbons (Fsp3) is 0.190. The second-order valence-electron chi connectivity index (χ2n) is 7.02. The van der Waals surface area contributed by atoms with Crippen molar-refractivity contribution in [3.8, 4) is 22.3 Å². The predicted molar refractivity (Wildman–Crippen MR) is 118 cm³/mol.